The first-order valence-electron chi connectivity index (χ1n) is 5.75. The van der Waals surface area contributed by atoms with Crippen molar-refractivity contribution in [1.29, 1.82) is 0 Å². The summed E-state index contributed by atoms with van der Waals surface area (Å²) in [6.07, 6.45) is 0. The van der Waals surface area contributed by atoms with E-state index in [0.29, 0.717) is 0 Å². The minimum atomic E-state index is -3.96. The lowest BCUT2D eigenvalue weighted by atomic mass is 10.3. The molecule has 2 amide bonds. The van der Waals surface area contributed by atoms with Crippen LogP contribution in [0.1, 0.15) is 13.8 Å². The second-order valence-corrected chi connectivity index (χ2v) is 6.54. The summed E-state index contributed by atoms with van der Waals surface area (Å²) in [5.41, 5.74) is 4.98. The number of amides is 2. The molecule has 0 aromatic heterocycles. The molecule has 3 N–H and O–H groups in total. The fourth-order valence-corrected chi connectivity index (χ4v) is 2.64. The van der Waals surface area contributed by atoms with Gasteiger partial charge in [-0.15, -0.1) is 0 Å². The lowest BCUT2D eigenvalue weighted by Gasteiger charge is -2.16. The van der Waals surface area contributed by atoms with Crippen LogP contribution in [0.25, 0.3) is 0 Å². The molecule has 0 spiro atoms. The van der Waals surface area contributed by atoms with Gasteiger partial charge in [-0.3, -0.25) is 9.59 Å². The second-order valence-electron chi connectivity index (χ2n) is 4.27. The van der Waals surface area contributed by atoms with Gasteiger partial charge in [-0.1, -0.05) is 0 Å². The highest BCUT2D eigenvalue weighted by Gasteiger charge is 2.31. The van der Waals surface area contributed by atoms with Crippen LogP contribution >= 0.6 is 0 Å². The Bertz CT molecular complexity index is 613. The number of nitrogens with two attached hydrogens (primary N) is 1. The van der Waals surface area contributed by atoms with E-state index in [4.69, 9.17) is 5.73 Å². The van der Waals surface area contributed by atoms with Gasteiger partial charge < -0.3 is 11.1 Å². The van der Waals surface area contributed by atoms with Crippen LogP contribution in [0, 0.1) is 5.82 Å². The molecule has 0 aliphatic rings. The second kappa shape index (κ2) is 6.00. The first-order valence-corrected chi connectivity index (χ1v) is 7.30. The summed E-state index contributed by atoms with van der Waals surface area (Å²) < 4.78 is 37.0. The third-order valence-electron chi connectivity index (χ3n) is 2.76. The number of halogens is 1. The number of benzene rings is 1. The fourth-order valence-electron chi connectivity index (χ4n) is 1.37. The van der Waals surface area contributed by atoms with Crippen LogP contribution in [0.4, 0.5) is 4.39 Å². The van der Waals surface area contributed by atoms with Crippen molar-refractivity contribution >= 4 is 21.7 Å². The molecular formula is C12H15FN2O4S. The maximum Gasteiger partial charge on any atom is 0.239 e. The van der Waals surface area contributed by atoms with E-state index in [0.717, 1.165) is 24.3 Å². The van der Waals surface area contributed by atoms with Crippen molar-refractivity contribution in [3.8, 4) is 0 Å². The van der Waals surface area contributed by atoms with E-state index in [9.17, 15) is 22.4 Å². The number of nitrogens with one attached hydrogen (secondary N) is 1. The van der Waals surface area contributed by atoms with Gasteiger partial charge in [0.25, 0.3) is 0 Å². The van der Waals surface area contributed by atoms with Crippen LogP contribution in [0.5, 0.6) is 0 Å². The monoisotopic (exact) mass is 302 g/mol. The van der Waals surface area contributed by atoms with Crippen molar-refractivity contribution in [2.45, 2.75) is 30.0 Å². The van der Waals surface area contributed by atoms with E-state index in [1.807, 2.05) is 0 Å². The smallest absolute Gasteiger partial charge is 0.239 e. The van der Waals surface area contributed by atoms with Crippen LogP contribution in [0.2, 0.25) is 0 Å². The lowest BCUT2D eigenvalue weighted by molar-refractivity contribution is -0.126. The topological polar surface area (TPSA) is 106 Å². The van der Waals surface area contributed by atoms with E-state index in [1.165, 1.54) is 13.8 Å². The number of rotatable bonds is 5. The molecule has 6 nitrogen and oxygen atoms in total. The van der Waals surface area contributed by atoms with Crippen molar-refractivity contribution in [2.24, 2.45) is 5.73 Å². The number of hydrogen-bond acceptors (Lipinski definition) is 4. The Balaban J connectivity index is 2.95. The summed E-state index contributed by atoms with van der Waals surface area (Å²) in [6.45, 7) is 2.53. The summed E-state index contributed by atoms with van der Waals surface area (Å²) in [4.78, 5) is 22.4. The predicted molar refractivity (Wildman–Crippen MR) is 69.8 cm³/mol. The molecule has 110 valence electrons. The van der Waals surface area contributed by atoms with Crippen molar-refractivity contribution in [2.75, 3.05) is 0 Å². The average molecular weight is 302 g/mol. The Morgan fingerprint density at radius 2 is 1.70 bits per heavy atom. The number of hydrogen-bond donors (Lipinski definition) is 2. The fraction of sp³-hybridized carbons (Fsp3) is 0.333. The van der Waals surface area contributed by atoms with Crippen LogP contribution in [-0.2, 0) is 19.4 Å². The highest BCUT2D eigenvalue weighted by molar-refractivity contribution is 7.92. The molecule has 0 aliphatic heterocycles. The molecule has 1 aromatic rings. The van der Waals surface area contributed by atoms with E-state index in [2.05, 4.69) is 5.32 Å². The summed E-state index contributed by atoms with van der Waals surface area (Å²) in [5.74, 6) is -2.20. The third-order valence-corrected chi connectivity index (χ3v) is 4.84. The summed E-state index contributed by atoms with van der Waals surface area (Å²) >= 11 is 0. The quantitative estimate of drug-likeness (QED) is 0.745. The maximum absolute atomic E-state index is 12.8. The molecule has 1 aromatic carbocycles. The molecule has 0 saturated carbocycles. The summed E-state index contributed by atoms with van der Waals surface area (Å²) in [6, 6.07) is 3.15. The number of carbonyl (C=O) groups excluding carboxylic acids is 2. The Hall–Kier alpha value is -1.96. The van der Waals surface area contributed by atoms with Crippen LogP contribution < -0.4 is 11.1 Å². The largest absolute Gasteiger partial charge is 0.368 e. The average Bonchev–Trinajstić information content (AvgIpc) is 2.37. The van der Waals surface area contributed by atoms with Crippen molar-refractivity contribution < 1.29 is 22.4 Å². The van der Waals surface area contributed by atoms with Crippen molar-refractivity contribution in [1.82, 2.24) is 5.32 Å². The zero-order valence-corrected chi connectivity index (χ0v) is 11.8. The third kappa shape index (κ3) is 3.53. The van der Waals surface area contributed by atoms with E-state index >= 15 is 0 Å². The van der Waals surface area contributed by atoms with Gasteiger partial charge >= 0.3 is 0 Å². The number of sulfone groups is 1. The lowest BCUT2D eigenvalue weighted by Crippen LogP contribution is -2.47. The molecule has 1 rings (SSSR count). The van der Waals surface area contributed by atoms with E-state index < -0.39 is 38.8 Å². The first kappa shape index (κ1) is 16.1. The zero-order valence-electron chi connectivity index (χ0n) is 11.0. The van der Waals surface area contributed by atoms with Gasteiger partial charge in [-0.25, -0.2) is 12.8 Å². The highest BCUT2D eigenvalue weighted by atomic mass is 32.2. The minimum absolute atomic E-state index is 0.173. The number of carbonyl (C=O) groups is 2. The van der Waals surface area contributed by atoms with Crippen molar-refractivity contribution in [3.63, 3.8) is 0 Å². The first-order chi connectivity index (χ1) is 9.16. The van der Waals surface area contributed by atoms with Crippen LogP contribution in [0.3, 0.4) is 0 Å². The van der Waals surface area contributed by atoms with Gasteiger partial charge in [0.15, 0.2) is 9.84 Å². The van der Waals surface area contributed by atoms with Gasteiger partial charge in [0.05, 0.1) is 4.90 Å². The Morgan fingerprint density at radius 1 is 1.20 bits per heavy atom. The van der Waals surface area contributed by atoms with E-state index in [1.54, 1.807) is 0 Å². The molecule has 0 unspecified atom stereocenters. The van der Waals surface area contributed by atoms with Gasteiger partial charge in [0.1, 0.15) is 17.1 Å². The van der Waals surface area contributed by atoms with Gasteiger partial charge in [0.2, 0.25) is 11.8 Å². The van der Waals surface area contributed by atoms with Crippen LogP contribution in [-0.4, -0.2) is 31.5 Å². The molecular weight excluding hydrogens is 287 g/mol. The predicted octanol–water partition coefficient (Wildman–Crippen LogP) is -0.0221. The molecule has 8 heteroatoms. The SMILES string of the molecule is C[C@H](C(=O)N[C@H](C)C(N)=O)S(=O)(=O)c1ccc(F)cc1. The van der Waals surface area contributed by atoms with E-state index in [-0.39, 0.29) is 4.90 Å². The summed E-state index contributed by atoms with van der Waals surface area (Å²) in [7, 11) is -3.96. The molecule has 0 fully saturated rings. The molecule has 0 aliphatic carbocycles. The van der Waals surface area contributed by atoms with Crippen molar-refractivity contribution in [3.05, 3.63) is 30.1 Å². The van der Waals surface area contributed by atoms with Gasteiger partial charge in [-0.2, -0.15) is 0 Å². The minimum Gasteiger partial charge on any atom is -0.368 e. The Kier molecular flexibility index (Phi) is 4.83. The number of primary amides is 1. The molecule has 0 heterocycles. The molecule has 0 radical (unpaired) electrons. The molecule has 20 heavy (non-hydrogen) atoms. The van der Waals surface area contributed by atoms with Crippen LogP contribution in [0.15, 0.2) is 29.2 Å². The van der Waals surface area contributed by atoms with Gasteiger partial charge in [0, 0.05) is 0 Å². The molecule has 0 saturated heterocycles. The highest BCUT2D eigenvalue weighted by Crippen LogP contribution is 2.16. The standard InChI is InChI=1S/C12H15FN2O4S/c1-7(11(14)16)15-12(17)8(2)20(18,19)10-5-3-9(13)4-6-10/h3-8H,1-2H3,(H2,14,16)(H,15,17)/t7-,8-/m1/s1. The van der Waals surface area contributed by atoms with Gasteiger partial charge in [-0.05, 0) is 38.1 Å². The maximum atomic E-state index is 12.8. The molecule has 0 bridgehead atoms. The Labute approximate surface area is 116 Å². The Morgan fingerprint density at radius 3 is 2.15 bits per heavy atom. The summed E-state index contributed by atoms with van der Waals surface area (Å²) in [5, 5.41) is 0.778. The molecule has 2 atom stereocenters. The zero-order chi connectivity index (χ0) is 15.5. The normalized spacial score (nSPS) is 14.3.